The van der Waals surface area contributed by atoms with Crippen LogP contribution < -0.4 is 19.5 Å². The summed E-state index contributed by atoms with van der Waals surface area (Å²) in [5, 5.41) is 10.5. The smallest absolute Gasteiger partial charge is 0.322 e. The van der Waals surface area contributed by atoms with E-state index in [1.165, 1.54) is 7.11 Å². The maximum absolute atomic E-state index is 12.6. The van der Waals surface area contributed by atoms with E-state index in [0.29, 0.717) is 34.1 Å². The van der Waals surface area contributed by atoms with Gasteiger partial charge in [0.1, 0.15) is 23.0 Å². The van der Waals surface area contributed by atoms with Crippen LogP contribution in [0.4, 0.5) is 6.01 Å². The van der Waals surface area contributed by atoms with E-state index < -0.39 is 5.91 Å². The quantitative estimate of drug-likeness (QED) is 0.461. The summed E-state index contributed by atoms with van der Waals surface area (Å²) in [5.41, 5.74) is 0.963. The highest BCUT2D eigenvalue weighted by Crippen LogP contribution is 2.33. The number of carbonyl (C=O) groups is 1. The van der Waals surface area contributed by atoms with Gasteiger partial charge in [0.15, 0.2) is 0 Å². The van der Waals surface area contributed by atoms with Crippen molar-refractivity contribution < 1.29 is 23.4 Å². The lowest BCUT2D eigenvalue weighted by Crippen LogP contribution is -2.12. The van der Waals surface area contributed by atoms with Crippen molar-refractivity contribution in [2.45, 2.75) is 0 Å². The van der Waals surface area contributed by atoms with Crippen molar-refractivity contribution in [3.63, 3.8) is 0 Å². The number of hydrogen-bond acceptors (Lipinski definition) is 7. The highest BCUT2D eigenvalue weighted by atomic mass is 16.5. The SMILES string of the molecule is COc1ccc(-c2nnc(NC(=O)c3cccc(Oc4ccccc4)c3)o2)c(OC)c1. The lowest BCUT2D eigenvalue weighted by Gasteiger charge is -2.07. The Morgan fingerprint density at radius 1 is 0.839 bits per heavy atom. The average molecular weight is 417 g/mol. The summed E-state index contributed by atoms with van der Waals surface area (Å²) < 4.78 is 21.9. The average Bonchev–Trinajstić information content (AvgIpc) is 3.27. The van der Waals surface area contributed by atoms with Crippen molar-refractivity contribution in [3.05, 3.63) is 78.4 Å². The minimum atomic E-state index is -0.407. The van der Waals surface area contributed by atoms with Crippen molar-refractivity contribution in [1.82, 2.24) is 10.2 Å². The van der Waals surface area contributed by atoms with Gasteiger partial charge in [0, 0.05) is 11.6 Å². The first-order chi connectivity index (χ1) is 15.2. The summed E-state index contributed by atoms with van der Waals surface area (Å²) >= 11 is 0. The Labute approximate surface area is 178 Å². The molecule has 8 heteroatoms. The van der Waals surface area contributed by atoms with Crippen LogP contribution in [-0.4, -0.2) is 30.3 Å². The first-order valence-corrected chi connectivity index (χ1v) is 9.36. The number of rotatable bonds is 7. The van der Waals surface area contributed by atoms with Gasteiger partial charge in [-0.3, -0.25) is 10.1 Å². The number of benzene rings is 3. The van der Waals surface area contributed by atoms with Gasteiger partial charge in [-0.1, -0.05) is 29.4 Å². The first-order valence-electron chi connectivity index (χ1n) is 9.36. The van der Waals surface area contributed by atoms with Crippen molar-refractivity contribution in [2.24, 2.45) is 0 Å². The second-order valence-electron chi connectivity index (χ2n) is 6.38. The zero-order valence-electron chi connectivity index (χ0n) is 16.9. The molecule has 0 saturated heterocycles. The molecule has 0 radical (unpaired) electrons. The van der Waals surface area contributed by atoms with E-state index in [1.807, 2.05) is 30.3 Å². The predicted octanol–water partition coefficient (Wildman–Crippen LogP) is 4.80. The lowest BCUT2D eigenvalue weighted by atomic mass is 10.2. The van der Waals surface area contributed by atoms with E-state index in [0.717, 1.165) is 0 Å². The molecule has 3 aromatic carbocycles. The highest BCUT2D eigenvalue weighted by Gasteiger charge is 2.17. The fourth-order valence-corrected chi connectivity index (χ4v) is 2.85. The molecular weight excluding hydrogens is 398 g/mol. The molecule has 1 N–H and O–H groups in total. The summed E-state index contributed by atoms with van der Waals surface area (Å²) in [7, 11) is 3.09. The van der Waals surface area contributed by atoms with Crippen LogP contribution in [0, 0.1) is 0 Å². The highest BCUT2D eigenvalue weighted by molar-refractivity contribution is 6.03. The number of anilines is 1. The van der Waals surface area contributed by atoms with Crippen LogP contribution in [0.25, 0.3) is 11.5 Å². The van der Waals surface area contributed by atoms with Gasteiger partial charge in [0.05, 0.1) is 19.8 Å². The Morgan fingerprint density at radius 3 is 2.42 bits per heavy atom. The molecule has 1 amide bonds. The largest absolute Gasteiger partial charge is 0.497 e. The number of hydrogen-bond donors (Lipinski definition) is 1. The number of nitrogens with zero attached hydrogens (tertiary/aromatic N) is 2. The predicted molar refractivity (Wildman–Crippen MR) is 114 cm³/mol. The second kappa shape index (κ2) is 9.00. The van der Waals surface area contributed by atoms with Gasteiger partial charge in [-0.15, -0.1) is 5.10 Å². The fourth-order valence-electron chi connectivity index (χ4n) is 2.85. The van der Waals surface area contributed by atoms with Crippen LogP contribution in [0.2, 0.25) is 0 Å². The van der Waals surface area contributed by atoms with Gasteiger partial charge >= 0.3 is 6.01 Å². The zero-order valence-corrected chi connectivity index (χ0v) is 16.9. The topological polar surface area (TPSA) is 95.7 Å². The first kappa shape index (κ1) is 20.0. The Hall–Kier alpha value is -4.33. The Balaban J connectivity index is 1.49. The fraction of sp³-hybridized carbons (Fsp3) is 0.0870. The molecule has 0 bridgehead atoms. The molecule has 31 heavy (non-hydrogen) atoms. The Bertz CT molecular complexity index is 1190. The van der Waals surface area contributed by atoms with E-state index in [2.05, 4.69) is 15.5 Å². The summed E-state index contributed by atoms with van der Waals surface area (Å²) in [6.07, 6.45) is 0. The molecule has 0 fully saturated rings. The van der Waals surface area contributed by atoms with Gasteiger partial charge in [-0.2, -0.15) is 0 Å². The van der Waals surface area contributed by atoms with E-state index >= 15 is 0 Å². The van der Waals surface area contributed by atoms with Gasteiger partial charge < -0.3 is 18.6 Å². The summed E-state index contributed by atoms with van der Waals surface area (Å²) in [6, 6.07) is 21.3. The normalized spacial score (nSPS) is 10.4. The molecule has 0 spiro atoms. The zero-order chi connectivity index (χ0) is 21.6. The van der Waals surface area contributed by atoms with Gasteiger partial charge in [0.2, 0.25) is 0 Å². The number of aromatic nitrogens is 2. The van der Waals surface area contributed by atoms with Gasteiger partial charge in [-0.25, -0.2) is 0 Å². The summed E-state index contributed by atoms with van der Waals surface area (Å²) in [4.78, 5) is 12.6. The standard InChI is InChI=1S/C23H19N3O5/c1-28-17-11-12-19(20(14-17)29-2)22-25-26-23(31-22)24-21(27)15-7-6-10-18(13-15)30-16-8-4-3-5-9-16/h3-14H,1-2H3,(H,24,26,27). The molecule has 4 rings (SSSR count). The molecule has 156 valence electrons. The van der Waals surface area contributed by atoms with Crippen LogP contribution in [0.15, 0.2) is 77.2 Å². The number of carbonyl (C=O) groups excluding carboxylic acids is 1. The van der Waals surface area contributed by atoms with Crippen molar-refractivity contribution in [2.75, 3.05) is 19.5 Å². The molecule has 1 heterocycles. The van der Waals surface area contributed by atoms with Gasteiger partial charge in [0.25, 0.3) is 11.8 Å². The number of ether oxygens (including phenoxy) is 3. The Kier molecular flexibility index (Phi) is 5.79. The van der Waals surface area contributed by atoms with Crippen molar-refractivity contribution in [3.8, 4) is 34.5 Å². The van der Waals surface area contributed by atoms with Crippen molar-refractivity contribution >= 4 is 11.9 Å². The molecule has 0 unspecified atom stereocenters. The summed E-state index contributed by atoms with van der Waals surface area (Å²) in [6.45, 7) is 0. The van der Waals surface area contributed by atoms with Crippen LogP contribution in [-0.2, 0) is 0 Å². The number of amides is 1. The molecule has 0 saturated carbocycles. The van der Waals surface area contributed by atoms with Crippen LogP contribution >= 0.6 is 0 Å². The lowest BCUT2D eigenvalue weighted by molar-refractivity contribution is 0.102. The van der Waals surface area contributed by atoms with Crippen LogP contribution in [0.3, 0.4) is 0 Å². The minimum Gasteiger partial charge on any atom is -0.497 e. The molecule has 0 aliphatic carbocycles. The molecule has 8 nitrogen and oxygen atoms in total. The third-order valence-electron chi connectivity index (χ3n) is 4.36. The van der Waals surface area contributed by atoms with Crippen LogP contribution in [0.1, 0.15) is 10.4 Å². The maximum atomic E-state index is 12.6. The van der Waals surface area contributed by atoms with Gasteiger partial charge in [-0.05, 0) is 42.5 Å². The minimum absolute atomic E-state index is 0.0350. The molecule has 0 aliphatic heterocycles. The molecule has 0 aliphatic rings. The molecule has 0 atom stereocenters. The van der Waals surface area contributed by atoms with Crippen molar-refractivity contribution in [1.29, 1.82) is 0 Å². The van der Waals surface area contributed by atoms with E-state index in [1.54, 1.807) is 49.6 Å². The van der Waals surface area contributed by atoms with Crippen LogP contribution in [0.5, 0.6) is 23.0 Å². The maximum Gasteiger partial charge on any atom is 0.322 e. The number of nitrogens with one attached hydrogen (secondary N) is 1. The monoisotopic (exact) mass is 417 g/mol. The summed E-state index contributed by atoms with van der Waals surface area (Å²) in [5.74, 6) is 2.15. The number of methoxy groups -OCH3 is 2. The third kappa shape index (κ3) is 4.64. The molecular formula is C23H19N3O5. The molecule has 4 aromatic rings. The van der Waals surface area contributed by atoms with E-state index in [-0.39, 0.29) is 11.9 Å². The second-order valence-corrected chi connectivity index (χ2v) is 6.38. The van der Waals surface area contributed by atoms with E-state index in [9.17, 15) is 4.79 Å². The Morgan fingerprint density at radius 2 is 1.65 bits per heavy atom. The van der Waals surface area contributed by atoms with E-state index in [4.69, 9.17) is 18.6 Å². The number of para-hydroxylation sites is 1. The third-order valence-corrected chi connectivity index (χ3v) is 4.36. The molecule has 1 aromatic heterocycles.